The van der Waals surface area contributed by atoms with Crippen LogP contribution in [0.1, 0.15) is 25.8 Å². The van der Waals surface area contributed by atoms with Crippen LogP contribution in [-0.4, -0.2) is 18.1 Å². The Morgan fingerprint density at radius 3 is 2.32 bits per heavy atom. The van der Waals surface area contributed by atoms with Gasteiger partial charge >= 0.3 is 0 Å². The van der Waals surface area contributed by atoms with E-state index in [2.05, 4.69) is 0 Å². The Kier molecular flexibility index (Phi) is 3.27. The molecule has 4 heteroatoms. The quantitative estimate of drug-likeness (QED) is 0.617. The van der Waals surface area contributed by atoms with Crippen LogP contribution in [0.4, 0.5) is 5.69 Å². The van der Waals surface area contributed by atoms with Crippen LogP contribution in [0.15, 0.2) is 24.3 Å². The van der Waals surface area contributed by atoms with Gasteiger partial charge in [-0.25, -0.2) is 0 Å². The maximum Gasteiger partial charge on any atom is 0.238 e. The number of aldehydes is 1. The molecule has 1 saturated heterocycles. The normalized spacial score (nSPS) is 19.9. The van der Waals surface area contributed by atoms with Crippen LogP contribution in [0.2, 0.25) is 0 Å². The molecule has 1 aromatic rings. The zero-order chi connectivity index (χ0) is 14.2. The maximum absolute atomic E-state index is 12.4. The molecule has 0 spiro atoms. The lowest BCUT2D eigenvalue weighted by Crippen LogP contribution is -2.35. The van der Waals surface area contributed by atoms with Gasteiger partial charge in [0.2, 0.25) is 11.8 Å². The minimum atomic E-state index is -0.813. The number of benzene rings is 1. The largest absolute Gasteiger partial charge is 0.303 e. The van der Waals surface area contributed by atoms with E-state index in [1.54, 1.807) is 26.0 Å². The monoisotopic (exact) mass is 259 g/mol. The predicted molar refractivity (Wildman–Crippen MR) is 71.6 cm³/mol. The third-order valence-corrected chi connectivity index (χ3v) is 3.64. The zero-order valence-corrected chi connectivity index (χ0v) is 11.3. The van der Waals surface area contributed by atoms with Gasteiger partial charge in [-0.1, -0.05) is 31.5 Å². The van der Waals surface area contributed by atoms with Gasteiger partial charge in [0.05, 0.1) is 11.6 Å². The second kappa shape index (κ2) is 4.61. The van der Waals surface area contributed by atoms with Crippen molar-refractivity contribution in [3.63, 3.8) is 0 Å². The summed E-state index contributed by atoms with van der Waals surface area (Å²) in [6.45, 7) is 5.32. The number of imide groups is 1. The lowest BCUT2D eigenvalue weighted by Gasteiger charge is -2.23. The first-order chi connectivity index (χ1) is 8.86. The molecule has 1 unspecified atom stereocenters. The standard InChI is InChI=1S/C15H17NO3/c1-10-4-6-11(7-5-10)16-13(18)8-12(14(16)19)15(2,3)9-17/h4-7,9,12H,8H2,1-3H3. The smallest absolute Gasteiger partial charge is 0.238 e. The molecule has 1 aliphatic rings. The van der Waals surface area contributed by atoms with E-state index in [0.29, 0.717) is 5.69 Å². The molecule has 0 N–H and O–H groups in total. The van der Waals surface area contributed by atoms with Gasteiger partial charge < -0.3 is 4.79 Å². The van der Waals surface area contributed by atoms with Gasteiger partial charge in [0, 0.05) is 11.8 Å². The fraction of sp³-hybridized carbons (Fsp3) is 0.400. The highest BCUT2D eigenvalue weighted by Crippen LogP contribution is 2.36. The molecule has 0 aliphatic carbocycles. The number of amides is 2. The minimum absolute atomic E-state index is 0.0957. The summed E-state index contributed by atoms with van der Waals surface area (Å²) < 4.78 is 0. The Balaban J connectivity index is 2.34. The van der Waals surface area contributed by atoms with Gasteiger partial charge in [-0.05, 0) is 19.1 Å². The summed E-state index contributed by atoms with van der Waals surface area (Å²) >= 11 is 0. The first kappa shape index (κ1) is 13.5. The average molecular weight is 259 g/mol. The van der Waals surface area contributed by atoms with Gasteiger partial charge in [-0.15, -0.1) is 0 Å². The Morgan fingerprint density at radius 2 is 1.79 bits per heavy atom. The predicted octanol–water partition coefficient (Wildman–Crippen LogP) is 2.10. The van der Waals surface area contributed by atoms with E-state index in [1.807, 2.05) is 19.1 Å². The summed E-state index contributed by atoms with van der Waals surface area (Å²) in [5.74, 6) is -1.10. The van der Waals surface area contributed by atoms with E-state index in [-0.39, 0.29) is 18.2 Å². The Hall–Kier alpha value is -1.97. The third-order valence-electron chi connectivity index (χ3n) is 3.64. The molecule has 4 nitrogen and oxygen atoms in total. The molecule has 1 aliphatic heterocycles. The van der Waals surface area contributed by atoms with Gasteiger partial charge in [-0.2, -0.15) is 0 Å². The second-order valence-electron chi connectivity index (χ2n) is 5.60. The molecule has 1 aromatic carbocycles. The van der Waals surface area contributed by atoms with Crippen molar-refractivity contribution in [2.24, 2.45) is 11.3 Å². The fourth-order valence-corrected chi connectivity index (χ4v) is 2.26. The molecule has 0 radical (unpaired) electrons. The molecule has 100 valence electrons. The molecule has 1 heterocycles. The van der Waals surface area contributed by atoms with Crippen molar-refractivity contribution in [2.45, 2.75) is 27.2 Å². The highest BCUT2D eigenvalue weighted by Gasteiger charge is 2.47. The van der Waals surface area contributed by atoms with Crippen molar-refractivity contribution in [1.29, 1.82) is 0 Å². The highest BCUT2D eigenvalue weighted by atomic mass is 16.2. The van der Waals surface area contributed by atoms with Crippen molar-refractivity contribution < 1.29 is 14.4 Å². The summed E-state index contributed by atoms with van der Waals surface area (Å²) in [6, 6.07) is 7.21. The van der Waals surface area contributed by atoms with Crippen molar-refractivity contribution >= 4 is 23.8 Å². The molecule has 2 amide bonds. The van der Waals surface area contributed by atoms with Crippen LogP contribution < -0.4 is 4.90 Å². The van der Waals surface area contributed by atoms with Gasteiger partial charge in [-0.3, -0.25) is 14.5 Å². The van der Waals surface area contributed by atoms with Crippen LogP contribution in [0.25, 0.3) is 0 Å². The Labute approximate surface area is 112 Å². The second-order valence-corrected chi connectivity index (χ2v) is 5.60. The molecule has 0 aromatic heterocycles. The molecular formula is C15H17NO3. The number of hydrogen-bond acceptors (Lipinski definition) is 3. The molecule has 2 rings (SSSR count). The number of hydrogen-bond donors (Lipinski definition) is 0. The van der Waals surface area contributed by atoms with Crippen molar-refractivity contribution in [1.82, 2.24) is 0 Å². The maximum atomic E-state index is 12.4. The van der Waals surface area contributed by atoms with E-state index in [4.69, 9.17) is 0 Å². The number of carbonyl (C=O) groups is 3. The number of aryl methyl sites for hydroxylation is 1. The van der Waals surface area contributed by atoms with Crippen molar-refractivity contribution in [3.8, 4) is 0 Å². The lowest BCUT2D eigenvalue weighted by atomic mass is 9.79. The van der Waals surface area contributed by atoms with E-state index in [1.165, 1.54) is 4.90 Å². The summed E-state index contributed by atoms with van der Waals surface area (Å²) in [5, 5.41) is 0. The van der Waals surface area contributed by atoms with Crippen LogP contribution in [-0.2, 0) is 14.4 Å². The van der Waals surface area contributed by atoms with E-state index >= 15 is 0 Å². The highest BCUT2D eigenvalue weighted by molar-refractivity contribution is 6.21. The summed E-state index contributed by atoms with van der Waals surface area (Å²) in [5.41, 5.74) is 0.823. The van der Waals surface area contributed by atoms with E-state index in [0.717, 1.165) is 11.8 Å². The lowest BCUT2D eigenvalue weighted by molar-refractivity contribution is -0.129. The molecular weight excluding hydrogens is 242 g/mol. The first-order valence-corrected chi connectivity index (χ1v) is 6.26. The van der Waals surface area contributed by atoms with Crippen LogP contribution in [0, 0.1) is 18.3 Å². The molecule has 1 atom stereocenters. The van der Waals surface area contributed by atoms with E-state index in [9.17, 15) is 14.4 Å². The number of carbonyl (C=O) groups excluding carboxylic acids is 3. The third kappa shape index (κ3) is 2.30. The zero-order valence-electron chi connectivity index (χ0n) is 11.3. The molecule has 1 fully saturated rings. The topological polar surface area (TPSA) is 54.5 Å². The summed E-state index contributed by atoms with van der Waals surface area (Å²) in [4.78, 5) is 36.6. The number of anilines is 1. The number of rotatable bonds is 3. The van der Waals surface area contributed by atoms with Crippen LogP contribution >= 0.6 is 0 Å². The minimum Gasteiger partial charge on any atom is -0.303 e. The van der Waals surface area contributed by atoms with Crippen molar-refractivity contribution in [3.05, 3.63) is 29.8 Å². The van der Waals surface area contributed by atoms with Gasteiger partial charge in [0.25, 0.3) is 0 Å². The SMILES string of the molecule is Cc1ccc(N2C(=O)CC(C(C)(C)C=O)C2=O)cc1. The average Bonchev–Trinajstić information content (AvgIpc) is 2.67. The summed E-state index contributed by atoms with van der Waals surface area (Å²) in [7, 11) is 0. The Morgan fingerprint density at radius 1 is 1.21 bits per heavy atom. The van der Waals surface area contributed by atoms with Crippen LogP contribution in [0.5, 0.6) is 0 Å². The Bertz CT molecular complexity index is 531. The van der Waals surface area contributed by atoms with Crippen LogP contribution in [0.3, 0.4) is 0 Å². The molecule has 0 bridgehead atoms. The molecule has 0 saturated carbocycles. The van der Waals surface area contributed by atoms with Gasteiger partial charge in [0.1, 0.15) is 6.29 Å². The number of nitrogens with zero attached hydrogens (tertiary/aromatic N) is 1. The van der Waals surface area contributed by atoms with Gasteiger partial charge in [0.15, 0.2) is 0 Å². The van der Waals surface area contributed by atoms with E-state index < -0.39 is 11.3 Å². The van der Waals surface area contributed by atoms with Crippen molar-refractivity contribution in [2.75, 3.05) is 4.90 Å². The first-order valence-electron chi connectivity index (χ1n) is 6.26. The molecule has 19 heavy (non-hydrogen) atoms. The summed E-state index contributed by atoms with van der Waals surface area (Å²) in [6.07, 6.45) is 0.847. The fourth-order valence-electron chi connectivity index (χ4n) is 2.26.